The first-order chi connectivity index (χ1) is 7.83. The Balaban J connectivity index is 2.08. The maximum absolute atomic E-state index is 12.1. The Kier molecular flexibility index (Phi) is 3.84. The second kappa shape index (κ2) is 5.36. The zero-order valence-corrected chi connectivity index (χ0v) is 9.82. The monoisotopic (exact) mass is 241 g/mol. The number of hydrogen-bond donors (Lipinski definition) is 1. The zero-order valence-electron chi connectivity index (χ0n) is 9.00. The molecule has 16 heavy (non-hydrogen) atoms. The number of piperidine rings is 1. The van der Waals surface area contributed by atoms with Gasteiger partial charge in [-0.2, -0.15) is 8.75 Å². The Bertz CT molecular complexity index is 340. The summed E-state index contributed by atoms with van der Waals surface area (Å²) in [6.45, 7) is 0.894. The fraction of sp³-hybridized carbons (Fsp3) is 0.700. The highest BCUT2D eigenvalue weighted by Gasteiger charge is 2.28. The molecule has 0 saturated carbocycles. The molecule has 1 aliphatic heterocycles. The number of carbonyl (C=O) groups excluding carboxylic acids is 1. The van der Waals surface area contributed by atoms with Gasteiger partial charge >= 0.3 is 0 Å². The third-order valence-electron chi connectivity index (χ3n) is 2.93. The molecule has 0 aliphatic carbocycles. The number of amides is 1. The van der Waals surface area contributed by atoms with Crippen molar-refractivity contribution in [3.05, 3.63) is 11.9 Å². The number of rotatable bonds is 3. The van der Waals surface area contributed by atoms with Crippen molar-refractivity contribution < 1.29 is 9.90 Å². The Hall–Kier alpha value is -1.01. The zero-order chi connectivity index (χ0) is 11.4. The molecule has 1 aliphatic rings. The van der Waals surface area contributed by atoms with Crippen molar-refractivity contribution in [1.82, 2.24) is 13.6 Å². The molecule has 1 atom stereocenters. The molecule has 1 amide bonds. The third-order valence-corrected chi connectivity index (χ3v) is 3.41. The van der Waals surface area contributed by atoms with Crippen LogP contribution in [0.1, 0.15) is 36.2 Å². The van der Waals surface area contributed by atoms with E-state index < -0.39 is 0 Å². The molecule has 1 aromatic heterocycles. The molecule has 0 radical (unpaired) electrons. The summed E-state index contributed by atoms with van der Waals surface area (Å²) in [6.07, 6.45) is 5.31. The molecule has 0 spiro atoms. The van der Waals surface area contributed by atoms with Crippen molar-refractivity contribution in [2.45, 2.75) is 31.7 Å². The normalized spacial score (nSPS) is 21.1. The SMILES string of the molecule is O=C(c1cnsn1)N1CCCCC1CCO. The van der Waals surface area contributed by atoms with Crippen molar-refractivity contribution in [2.24, 2.45) is 0 Å². The molecule has 2 rings (SSSR count). The topological polar surface area (TPSA) is 66.3 Å². The minimum absolute atomic E-state index is 0.0492. The average molecular weight is 241 g/mol. The first kappa shape index (κ1) is 11.5. The lowest BCUT2D eigenvalue weighted by Gasteiger charge is -2.35. The van der Waals surface area contributed by atoms with Crippen LogP contribution in [0.3, 0.4) is 0 Å². The molecule has 2 heterocycles. The molecule has 1 fully saturated rings. The molecule has 0 bridgehead atoms. The van der Waals surface area contributed by atoms with E-state index in [9.17, 15) is 4.79 Å². The van der Waals surface area contributed by atoms with Crippen LogP contribution in [0.25, 0.3) is 0 Å². The maximum Gasteiger partial charge on any atom is 0.275 e. The fourth-order valence-corrected chi connectivity index (χ4v) is 2.53. The summed E-state index contributed by atoms with van der Waals surface area (Å²) in [4.78, 5) is 13.9. The van der Waals surface area contributed by atoms with Crippen LogP contribution in [0.2, 0.25) is 0 Å². The van der Waals surface area contributed by atoms with Crippen molar-refractivity contribution in [2.75, 3.05) is 13.2 Å². The Labute approximate surface area is 98.4 Å². The van der Waals surface area contributed by atoms with Crippen LogP contribution in [0.4, 0.5) is 0 Å². The molecule has 0 aromatic carbocycles. The Morgan fingerprint density at radius 1 is 1.62 bits per heavy atom. The van der Waals surface area contributed by atoms with Gasteiger partial charge in [0.1, 0.15) is 0 Å². The molecule has 1 unspecified atom stereocenters. The van der Waals surface area contributed by atoms with Crippen LogP contribution in [0.5, 0.6) is 0 Å². The van der Waals surface area contributed by atoms with E-state index in [1.165, 1.54) is 6.20 Å². The highest BCUT2D eigenvalue weighted by atomic mass is 32.1. The van der Waals surface area contributed by atoms with Gasteiger partial charge in [-0.15, -0.1) is 0 Å². The first-order valence-electron chi connectivity index (χ1n) is 5.52. The van der Waals surface area contributed by atoms with E-state index in [-0.39, 0.29) is 18.6 Å². The Morgan fingerprint density at radius 3 is 3.19 bits per heavy atom. The summed E-state index contributed by atoms with van der Waals surface area (Å²) in [5.74, 6) is -0.0492. The number of aliphatic hydroxyl groups excluding tert-OH is 1. The summed E-state index contributed by atoms with van der Waals surface area (Å²) in [7, 11) is 0. The summed E-state index contributed by atoms with van der Waals surface area (Å²) in [5, 5.41) is 8.98. The van der Waals surface area contributed by atoms with E-state index in [1.807, 2.05) is 4.90 Å². The van der Waals surface area contributed by atoms with Crippen LogP contribution >= 0.6 is 11.7 Å². The van der Waals surface area contributed by atoms with Crippen molar-refractivity contribution in [3.8, 4) is 0 Å². The number of carbonyl (C=O) groups is 1. The molecule has 88 valence electrons. The molecule has 1 aromatic rings. The number of aromatic nitrogens is 2. The highest BCUT2D eigenvalue weighted by Crippen LogP contribution is 2.21. The van der Waals surface area contributed by atoms with Crippen LogP contribution in [-0.2, 0) is 0 Å². The lowest BCUT2D eigenvalue weighted by molar-refractivity contribution is 0.0569. The van der Waals surface area contributed by atoms with Gasteiger partial charge in [0.2, 0.25) is 0 Å². The lowest BCUT2D eigenvalue weighted by atomic mass is 9.99. The summed E-state index contributed by atoms with van der Waals surface area (Å²) in [5.41, 5.74) is 0.426. The second-order valence-electron chi connectivity index (χ2n) is 3.95. The van der Waals surface area contributed by atoms with Crippen molar-refractivity contribution in [3.63, 3.8) is 0 Å². The summed E-state index contributed by atoms with van der Waals surface area (Å²) >= 11 is 1.05. The van der Waals surface area contributed by atoms with E-state index in [0.717, 1.165) is 37.5 Å². The summed E-state index contributed by atoms with van der Waals surface area (Å²) in [6, 6.07) is 0.160. The standard InChI is InChI=1S/C10H15N3O2S/c14-6-4-8-3-1-2-5-13(8)10(15)9-7-11-16-12-9/h7-8,14H,1-6H2. The molecule has 1 N–H and O–H groups in total. The third kappa shape index (κ3) is 2.38. The molecule has 6 heteroatoms. The van der Waals surface area contributed by atoms with Gasteiger partial charge in [-0.25, -0.2) is 0 Å². The minimum atomic E-state index is -0.0492. The van der Waals surface area contributed by atoms with Gasteiger partial charge < -0.3 is 10.0 Å². The largest absolute Gasteiger partial charge is 0.396 e. The van der Waals surface area contributed by atoms with Crippen LogP contribution in [0, 0.1) is 0 Å². The number of hydrogen-bond acceptors (Lipinski definition) is 5. The number of likely N-dealkylation sites (tertiary alicyclic amines) is 1. The predicted octanol–water partition coefficient (Wildman–Crippen LogP) is 0.915. The smallest absolute Gasteiger partial charge is 0.275 e. The van der Waals surface area contributed by atoms with Gasteiger partial charge in [-0.1, -0.05) is 0 Å². The van der Waals surface area contributed by atoms with E-state index in [2.05, 4.69) is 8.75 Å². The predicted molar refractivity (Wildman–Crippen MR) is 60.3 cm³/mol. The average Bonchev–Trinajstić information content (AvgIpc) is 2.83. The molecular weight excluding hydrogens is 226 g/mol. The quantitative estimate of drug-likeness (QED) is 0.854. The van der Waals surface area contributed by atoms with E-state index in [4.69, 9.17) is 5.11 Å². The van der Waals surface area contributed by atoms with Crippen molar-refractivity contribution in [1.29, 1.82) is 0 Å². The van der Waals surface area contributed by atoms with Gasteiger partial charge in [0.25, 0.3) is 5.91 Å². The maximum atomic E-state index is 12.1. The fourth-order valence-electron chi connectivity index (χ4n) is 2.12. The van der Waals surface area contributed by atoms with E-state index in [0.29, 0.717) is 12.1 Å². The number of nitrogens with zero attached hydrogens (tertiary/aromatic N) is 3. The number of aliphatic hydroxyl groups is 1. The molecular formula is C10H15N3O2S. The molecule has 5 nitrogen and oxygen atoms in total. The van der Waals surface area contributed by atoms with E-state index >= 15 is 0 Å². The lowest BCUT2D eigenvalue weighted by Crippen LogP contribution is -2.44. The van der Waals surface area contributed by atoms with Gasteiger partial charge in [-0.05, 0) is 25.7 Å². The van der Waals surface area contributed by atoms with Gasteiger partial charge in [0.05, 0.1) is 17.9 Å². The minimum Gasteiger partial charge on any atom is -0.396 e. The van der Waals surface area contributed by atoms with Crippen LogP contribution in [-0.4, -0.2) is 43.9 Å². The highest BCUT2D eigenvalue weighted by molar-refractivity contribution is 6.99. The first-order valence-corrected chi connectivity index (χ1v) is 6.25. The molecule has 1 saturated heterocycles. The van der Waals surface area contributed by atoms with Gasteiger partial charge in [0.15, 0.2) is 5.69 Å². The van der Waals surface area contributed by atoms with Crippen molar-refractivity contribution >= 4 is 17.6 Å². The van der Waals surface area contributed by atoms with Crippen LogP contribution in [0.15, 0.2) is 6.20 Å². The Morgan fingerprint density at radius 2 is 2.50 bits per heavy atom. The van der Waals surface area contributed by atoms with Gasteiger partial charge in [-0.3, -0.25) is 4.79 Å². The summed E-state index contributed by atoms with van der Waals surface area (Å²) < 4.78 is 7.81. The van der Waals surface area contributed by atoms with E-state index in [1.54, 1.807) is 0 Å². The second-order valence-corrected chi connectivity index (χ2v) is 4.51. The van der Waals surface area contributed by atoms with Gasteiger partial charge in [0, 0.05) is 19.2 Å². The van der Waals surface area contributed by atoms with Crippen LogP contribution < -0.4 is 0 Å².